The summed E-state index contributed by atoms with van der Waals surface area (Å²) in [6, 6.07) is 0.426. The zero-order chi connectivity index (χ0) is 16.4. The first kappa shape index (κ1) is 23.0. The number of halogens is 1. The second-order valence-corrected chi connectivity index (χ2v) is 7.30. The van der Waals surface area contributed by atoms with E-state index in [4.69, 9.17) is 5.73 Å². The molecule has 0 saturated carbocycles. The zero-order valence-electron chi connectivity index (χ0n) is 15.7. The molecule has 0 amide bonds. The Kier molecular flexibility index (Phi) is 13.3. The van der Waals surface area contributed by atoms with Crippen LogP contribution in [0, 0.1) is 11.8 Å². The minimum atomic E-state index is 0. The van der Waals surface area contributed by atoms with Crippen LogP contribution >= 0.6 is 24.0 Å². The van der Waals surface area contributed by atoms with Gasteiger partial charge in [-0.05, 0) is 64.1 Å². The lowest BCUT2D eigenvalue weighted by Gasteiger charge is -2.30. The number of nitrogens with one attached hydrogen (secondary N) is 1. The number of piperidine rings is 1. The monoisotopic (exact) mass is 438 g/mol. The van der Waals surface area contributed by atoms with Crippen molar-refractivity contribution in [1.29, 1.82) is 0 Å². The van der Waals surface area contributed by atoms with Crippen molar-refractivity contribution < 1.29 is 0 Å². The summed E-state index contributed by atoms with van der Waals surface area (Å²) in [5.41, 5.74) is 6.00. The zero-order valence-corrected chi connectivity index (χ0v) is 18.0. The minimum Gasteiger partial charge on any atom is -0.370 e. The third-order valence-corrected chi connectivity index (χ3v) is 4.79. The van der Waals surface area contributed by atoms with Gasteiger partial charge in [0.2, 0.25) is 0 Å². The molecule has 0 aliphatic carbocycles. The highest BCUT2D eigenvalue weighted by atomic mass is 127. The maximum atomic E-state index is 6.00. The number of nitrogens with zero attached hydrogens (tertiary/aromatic N) is 2. The van der Waals surface area contributed by atoms with Gasteiger partial charge in [0.1, 0.15) is 0 Å². The number of likely N-dealkylation sites (tertiary alicyclic amines) is 1. The molecule has 1 heterocycles. The van der Waals surface area contributed by atoms with Crippen LogP contribution in [0.15, 0.2) is 4.99 Å². The number of nitrogens with two attached hydrogens (primary N) is 1. The van der Waals surface area contributed by atoms with Crippen LogP contribution in [0.4, 0.5) is 0 Å². The molecule has 0 aromatic carbocycles. The Bertz CT molecular complexity index is 312. The molecule has 138 valence electrons. The van der Waals surface area contributed by atoms with E-state index in [1.165, 1.54) is 58.2 Å². The molecule has 1 aliphatic heterocycles. The van der Waals surface area contributed by atoms with Gasteiger partial charge in [0.25, 0.3) is 0 Å². The molecule has 1 saturated heterocycles. The van der Waals surface area contributed by atoms with Gasteiger partial charge in [-0.3, -0.25) is 4.99 Å². The van der Waals surface area contributed by atoms with Gasteiger partial charge in [0.15, 0.2) is 5.96 Å². The Morgan fingerprint density at radius 3 is 2.43 bits per heavy atom. The predicted octanol–water partition coefficient (Wildman–Crippen LogP) is 3.85. The molecule has 1 aliphatic rings. The maximum Gasteiger partial charge on any atom is 0.188 e. The molecule has 4 nitrogen and oxygen atoms in total. The van der Waals surface area contributed by atoms with E-state index in [0.717, 1.165) is 18.4 Å². The molecule has 5 heteroatoms. The van der Waals surface area contributed by atoms with Gasteiger partial charge in [0.05, 0.1) is 0 Å². The molecule has 1 atom stereocenters. The van der Waals surface area contributed by atoms with E-state index in [2.05, 4.69) is 42.9 Å². The number of guanidine groups is 1. The van der Waals surface area contributed by atoms with Gasteiger partial charge in [-0.2, -0.15) is 0 Å². The number of rotatable bonds is 9. The average molecular weight is 438 g/mol. The molecule has 1 rings (SSSR count). The fraction of sp³-hybridized carbons (Fsp3) is 0.944. The van der Waals surface area contributed by atoms with Crippen molar-refractivity contribution in [3.63, 3.8) is 0 Å². The van der Waals surface area contributed by atoms with E-state index in [0.29, 0.717) is 12.0 Å². The lowest BCUT2D eigenvalue weighted by atomic mass is 9.94. The highest BCUT2D eigenvalue weighted by Gasteiger charge is 2.17. The van der Waals surface area contributed by atoms with Crippen LogP contribution in [-0.4, -0.2) is 43.1 Å². The van der Waals surface area contributed by atoms with Crippen molar-refractivity contribution in [3.05, 3.63) is 0 Å². The van der Waals surface area contributed by atoms with E-state index >= 15 is 0 Å². The van der Waals surface area contributed by atoms with Crippen molar-refractivity contribution in [2.24, 2.45) is 22.6 Å². The van der Waals surface area contributed by atoms with Crippen molar-refractivity contribution in [3.8, 4) is 0 Å². The normalized spacial score (nSPS) is 18.7. The Morgan fingerprint density at radius 2 is 1.87 bits per heavy atom. The fourth-order valence-corrected chi connectivity index (χ4v) is 3.16. The first-order valence-corrected chi connectivity index (χ1v) is 9.30. The van der Waals surface area contributed by atoms with Gasteiger partial charge in [-0.15, -0.1) is 24.0 Å². The predicted molar refractivity (Wildman–Crippen MR) is 113 cm³/mol. The molecule has 3 N–H and O–H groups in total. The van der Waals surface area contributed by atoms with Gasteiger partial charge in [0, 0.05) is 12.6 Å². The van der Waals surface area contributed by atoms with Gasteiger partial charge >= 0.3 is 0 Å². The molecule has 23 heavy (non-hydrogen) atoms. The van der Waals surface area contributed by atoms with Crippen LogP contribution in [0.25, 0.3) is 0 Å². The first-order valence-electron chi connectivity index (χ1n) is 9.30. The number of aliphatic imine (C=N–C) groups is 1. The third-order valence-electron chi connectivity index (χ3n) is 4.79. The SMILES string of the molecule is CCN1CCC(CCN=C(N)NC(C)CCCC(C)C)CC1.I. The molecule has 0 radical (unpaired) electrons. The van der Waals surface area contributed by atoms with Crippen molar-refractivity contribution >= 4 is 29.9 Å². The standard InChI is InChI=1S/C18H38N4.HI/c1-5-22-13-10-17(11-14-22)9-12-20-18(19)21-16(4)8-6-7-15(2)3;/h15-17H,5-14H2,1-4H3,(H3,19,20,21);1H. The topological polar surface area (TPSA) is 53.6 Å². The van der Waals surface area contributed by atoms with E-state index in [9.17, 15) is 0 Å². The van der Waals surface area contributed by atoms with Gasteiger partial charge in [-0.1, -0.05) is 33.6 Å². The van der Waals surface area contributed by atoms with Crippen LogP contribution in [0.3, 0.4) is 0 Å². The van der Waals surface area contributed by atoms with Crippen LogP contribution in [0.1, 0.15) is 66.2 Å². The maximum absolute atomic E-state index is 6.00. The first-order chi connectivity index (χ1) is 10.5. The highest BCUT2D eigenvalue weighted by molar-refractivity contribution is 14.0. The quantitative estimate of drug-likeness (QED) is 0.327. The van der Waals surface area contributed by atoms with E-state index in [-0.39, 0.29) is 24.0 Å². The second kappa shape index (κ2) is 13.3. The summed E-state index contributed by atoms with van der Waals surface area (Å²) in [6.07, 6.45) is 7.55. The van der Waals surface area contributed by atoms with Gasteiger partial charge in [-0.25, -0.2) is 0 Å². The summed E-state index contributed by atoms with van der Waals surface area (Å²) < 4.78 is 0. The highest BCUT2D eigenvalue weighted by Crippen LogP contribution is 2.20. The van der Waals surface area contributed by atoms with E-state index < -0.39 is 0 Å². The lowest BCUT2D eigenvalue weighted by Crippen LogP contribution is -2.38. The lowest BCUT2D eigenvalue weighted by molar-refractivity contribution is 0.188. The average Bonchev–Trinajstić information content (AvgIpc) is 2.47. The van der Waals surface area contributed by atoms with Crippen LogP contribution in [0.2, 0.25) is 0 Å². The molecule has 0 aromatic heterocycles. The summed E-state index contributed by atoms with van der Waals surface area (Å²) in [4.78, 5) is 7.05. The van der Waals surface area contributed by atoms with Crippen molar-refractivity contribution in [1.82, 2.24) is 10.2 Å². The summed E-state index contributed by atoms with van der Waals surface area (Å²) in [7, 11) is 0. The Morgan fingerprint density at radius 1 is 1.22 bits per heavy atom. The molecule has 1 fully saturated rings. The minimum absolute atomic E-state index is 0. The van der Waals surface area contributed by atoms with E-state index in [1.807, 2.05) is 0 Å². The molecule has 1 unspecified atom stereocenters. The smallest absolute Gasteiger partial charge is 0.188 e. The fourth-order valence-electron chi connectivity index (χ4n) is 3.16. The Hall–Kier alpha value is -0.0400. The Balaban J connectivity index is 0.00000484. The van der Waals surface area contributed by atoms with Crippen LogP contribution in [-0.2, 0) is 0 Å². The number of hydrogen-bond acceptors (Lipinski definition) is 2. The summed E-state index contributed by atoms with van der Waals surface area (Å²) >= 11 is 0. The van der Waals surface area contributed by atoms with Crippen LogP contribution < -0.4 is 11.1 Å². The molecule has 0 aromatic rings. The van der Waals surface area contributed by atoms with E-state index in [1.54, 1.807) is 0 Å². The molecular weight excluding hydrogens is 399 g/mol. The number of hydrogen-bond donors (Lipinski definition) is 2. The molecular formula is C18H39IN4. The second-order valence-electron chi connectivity index (χ2n) is 7.30. The third kappa shape index (κ3) is 11.2. The van der Waals surface area contributed by atoms with Gasteiger partial charge < -0.3 is 16.0 Å². The molecule has 0 bridgehead atoms. The van der Waals surface area contributed by atoms with Crippen molar-refractivity contribution in [2.75, 3.05) is 26.2 Å². The summed E-state index contributed by atoms with van der Waals surface area (Å²) in [5.74, 6) is 2.25. The summed E-state index contributed by atoms with van der Waals surface area (Å²) in [6.45, 7) is 13.6. The summed E-state index contributed by atoms with van der Waals surface area (Å²) in [5, 5.41) is 3.33. The van der Waals surface area contributed by atoms with Crippen LogP contribution in [0.5, 0.6) is 0 Å². The Labute approximate surface area is 161 Å². The largest absolute Gasteiger partial charge is 0.370 e. The molecule has 0 spiro atoms. The van der Waals surface area contributed by atoms with Crippen molar-refractivity contribution in [2.45, 2.75) is 72.3 Å².